The highest BCUT2D eigenvalue weighted by Gasteiger charge is 2.49. The van der Waals surface area contributed by atoms with Crippen molar-refractivity contribution >= 4 is 0 Å². The van der Waals surface area contributed by atoms with E-state index in [-0.39, 0.29) is 23.2 Å². The Morgan fingerprint density at radius 2 is 1.83 bits per heavy atom. The molecule has 72 valence electrons. The minimum absolute atomic E-state index is 0.0622. The molecule has 0 aromatic heterocycles. The fraction of sp³-hybridized carbons (Fsp3) is 1.00. The van der Waals surface area contributed by atoms with Gasteiger partial charge in [0.2, 0.25) is 0 Å². The van der Waals surface area contributed by atoms with Crippen molar-refractivity contribution in [2.45, 2.75) is 58.8 Å². The highest BCUT2D eigenvalue weighted by molar-refractivity contribution is 4.98. The molecular formula is C10H20O2. The average Bonchev–Trinajstić information content (AvgIpc) is 1.84. The summed E-state index contributed by atoms with van der Waals surface area (Å²) in [6, 6.07) is 0. The summed E-state index contributed by atoms with van der Waals surface area (Å²) in [7, 11) is 0. The van der Waals surface area contributed by atoms with Crippen LogP contribution in [0.15, 0.2) is 0 Å². The van der Waals surface area contributed by atoms with Crippen LogP contribution in [0.5, 0.6) is 0 Å². The van der Waals surface area contributed by atoms with Gasteiger partial charge >= 0.3 is 0 Å². The lowest BCUT2D eigenvalue weighted by atomic mass is 9.66. The summed E-state index contributed by atoms with van der Waals surface area (Å²) < 4.78 is 5.80. The van der Waals surface area contributed by atoms with E-state index < -0.39 is 0 Å². The third-order valence-electron chi connectivity index (χ3n) is 2.62. The highest BCUT2D eigenvalue weighted by atomic mass is 16.5. The molecule has 1 aliphatic rings. The van der Waals surface area contributed by atoms with E-state index in [9.17, 15) is 5.11 Å². The number of aliphatic hydroxyl groups is 1. The molecule has 1 saturated carbocycles. The second kappa shape index (κ2) is 2.71. The van der Waals surface area contributed by atoms with E-state index in [4.69, 9.17) is 4.74 Å². The zero-order chi connectivity index (χ0) is 9.57. The molecule has 2 nitrogen and oxygen atoms in total. The van der Waals surface area contributed by atoms with Gasteiger partial charge in [-0.1, -0.05) is 13.8 Å². The molecule has 0 saturated heterocycles. The van der Waals surface area contributed by atoms with Gasteiger partial charge < -0.3 is 9.84 Å². The van der Waals surface area contributed by atoms with E-state index >= 15 is 0 Å². The molecule has 0 aromatic carbocycles. The first-order chi connectivity index (χ1) is 5.23. The number of hydrogen-bond donors (Lipinski definition) is 1. The Labute approximate surface area is 74.9 Å². The number of aliphatic hydroxyl groups excluding tert-OH is 1. The van der Waals surface area contributed by atoms with Gasteiger partial charge in [-0.3, -0.25) is 0 Å². The third-order valence-corrected chi connectivity index (χ3v) is 2.62. The van der Waals surface area contributed by atoms with Crippen molar-refractivity contribution in [2.24, 2.45) is 5.41 Å². The maximum atomic E-state index is 9.46. The molecule has 1 aliphatic carbocycles. The number of hydrogen-bond acceptors (Lipinski definition) is 2. The van der Waals surface area contributed by atoms with Crippen LogP contribution in [0.3, 0.4) is 0 Å². The summed E-state index contributed by atoms with van der Waals surface area (Å²) in [5, 5.41) is 9.46. The minimum Gasteiger partial charge on any atom is -0.392 e. The fourth-order valence-electron chi connectivity index (χ4n) is 1.49. The Kier molecular flexibility index (Phi) is 2.26. The Hall–Kier alpha value is -0.0800. The fourth-order valence-corrected chi connectivity index (χ4v) is 1.49. The van der Waals surface area contributed by atoms with Crippen molar-refractivity contribution < 1.29 is 9.84 Å². The van der Waals surface area contributed by atoms with Crippen LogP contribution in [0.2, 0.25) is 0 Å². The predicted molar refractivity (Wildman–Crippen MR) is 49.0 cm³/mol. The van der Waals surface area contributed by atoms with Gasteiger partial charge in [-0.05, 0) is 20.8 Å². The average molecular weight is 172 g/mol. The summed E-state index contributed by atoms with van der Waals surface area (Å²) in [5.74, 6) is 0. The summed E-state index contributed by atoms with van der Waals surface area (Å²) in [5.41, 5.74) is -0.157. The lowest BCUT2D eigenvalue weighted by molar-refractivity contribution is -0.212. The first kappa shape index (κ1) is 10.0. The van der Waals surface area contributed by atoms with Crippen molar-refractivity contribution in [3.8, 4) is 0 Å². The minimum atomic E-state index is -0.190. The third kappa shape index (κ3) is 1.80. The monoisotopic (exact) mass is 172 g/mol. The topological polar surface area (TPSA) is 29.5 Å². The molecular weight excluding hydrogens is 152 g/mol. The lowest BCUT2D eigenvalue weighted by Gasteiger charge is -2.50. The Morgan fingerprint density at radius 1 is 1.33 bits per heavy atom. The summed E-state index contributed by atoms with van der Waals surface area (Å²) in [6.45, 7) is 10.3. The molecule has 0 aromatic rings. The van der Waals surface area contributed by atoms with Gasteiger partial charge in [-0.15, -0.1) is 0 Å². The highest BCUT2D eigenvalue weighted by Crippen LogP contribution is 2.44. The number of ether oxygens (including phenoxy) is 1. The molecule has 2 heteroatoms. The molecule has 0 aliphatic heterocycles. The molecule has 0 spiro atoms. The molecule has 12 heavy (non-hydrogen) atoms. The summed E-state index contributed by atoms with van der Waals surface area (Å²) in [4.78, 5) is 0. The van der Waals surface area contributed by atoms with Gasteiger partial charge in [0.05, 0.1) is 17.8 Å². The van der Waals surface area contributed by atoms with Gasteiger partial charge in [0, 0.05) is 11.8 Å². The maximum absolute atomic E-state index is 9.46. The zero-order valence-electron chi connectivity index (χ0n) is 8.72. The maximum Gasteiger partial charge on any atom is 0.0682 e. The van der Waals surface area contributed by atoms with Crippen LogP contribution in [-0.2, 0) is 4.74 Å². The Balaban J connectivity index is 2.48. The van der Waals surface area contributed by atoms with Gasteiger partial charge in [0.15, 0.2) is 0 Å². The van der Waals surface area contributed by atoms with E-state index in [1.807, 2.05) is 20.8 Å². The van der Waals surface area contributed by atoms with Crippen LogP contribution >= 0.6 is 0 Å². The molecule has 0 bridgehead atoms. The van der Waals surface area contributed by atoms with Crippen LogP contribution in [-0.4, -0.2) is 22.9 Å². The van der Waals surface area contributed by atoms with Crippen molar-refractivity contribution in [2.75, 3.05) is 0 Å². The molecule has 1 fully saturated rings. The van der Waals surface area contributed by atoms with E-state index in [1.54, 1.807) is 0 Å². The van der Waals surface area contributed by atoms with Crippen LogP contribution in [0.1, 0.15) is 41.0 Å². The second-order valence-corrected chi connectivity index (χ2v) is 5.29. The number of rotatable bonds is 1. The van der Waals surface area contributed by atoms with Crippen molar-refractivity contribution in [1.29, 1.82) is 0 Å². The molecule has 1 N–H and O–H groups in total. The van der Waals surface area contributed by atoms with Crippen LogP contribution < -0.4 is 0 Å². The lowest BCUT2D eigenvalue weighted by Crippen LogP contribution is -2.56. The quantitative estimate of drug-likeness (QED) is 0.655. The van der Waals surface area contributed by atoms with Crippen LogP contribution in [0.25, 0.3) is 0 Å². The smallest absolute Gasteiger partial charge is 0.0682 e. The Bertz CT molecular complexity index is 167. The SMILES string of the molecule is CC(C)(C)O[C@H]1C[C@H](O)C1(C)C. The van der Waals surface area contributed by atoms with Gasteiger partial charge in [-0.2, -0.15) is 0 Å². The molecule has 2 atom stereocenters. The molecule has 0 amide bonds. The van der Waals surface area contributed by atoms with Crippen molar-refractivity contribution in [3.63, 3.8) is 0 Å². The second-order valence-electron chi connectivity index (χ2n) is 5.29. The van der Waals surface area contributed by atoms with Gasteiger partial charge in [0.1, 0.15) is 0 Å². The zero-order valence-corrected chi connectivity index (χ0v) is 8.72. The standard InChI is InChI=1S/C10H20O2/c1-9(2,3)12-8-6-7(11)10(8,4)5/h7-8,11H,6H2,1-5H3/t7-,8-/m0/s1. The van der Waals surface area contributed by atoms with Gasteiger partial charge in [0.25, 0.3) is 0 Å². The molecule has 1 rings (SSSR count). The van der Waals surface area contributed by atoms with Crippen LogP contribution in [0.4, 0.5) is 0 Å². The van der Waals surface area contributed by atoms with Crippen molar-refractivity contribution in [3.05, 3.63) is 0 Å². The van der Waals surface area contributed by atoms with E-state index in [2.05, 4.69) is 13.8 Å². The van der Waals surface area contributed by atoms with E-state index in [0.29, 0.717) is 0 Å². The van der Waals surface area contributed by atoms with Crippen molar-refractivity contribution in [1.82, 2.24) is 0 Å². The largest absolute Gasteiger partial charge is 0.392 e. The first-order valence-corrected chi connectivity index (χ1v) is 4.59. The normalized spacial score (nSPS) is 34.5. The Morgan fingerprint density at radius 3 is 2.08 bits per heavy atom. The molecule has 0 radical (unpaired) electrons. The first-order valence-electron chi connectivity index (χ1n) is 4.59. The molecule has 0 heterocycles. The van der Waals surface area contributed by atoms with E-state index in [1.165, 1.54) is 0 Å². The summed E-state index contributed by atoms with van der Waals surface area (Å²) in [6.07, 6.45) is 0.807. The van der Waals surface area contributed by atoms with E-state index in [0.717, 1.165) is 6.42 Å². The van der Waals surface area contributed by atoms with Crippen LogP contribution in [0, 0.1) is 5.41 Å². The molecule has 0 unspecified atom stereocenters. The summed E-state index contributed by atoms with van der Waals surface area (Å²) >= 11 is 0. The van der Waals surface area contributed by atoms with Gasteiger partial charge in [-0.25, -0.2) is 0 Å². The predicted octanol–water partition coefficient (Wildman–Crippen LogP) is 1.96.